The molecule has 2 heterocycles. The average Bonchev–Trinajstić information content (AvgIpc) is 3.02. The molecule has 0 spiro atoms. The van der Waals surface area contributed by atoms with Crippen LogP contribution >= 0.6 is 11.6 Å². The molecule has 1 aliphatic rings. The van der Waals surface area contributed by atoms with E-state index in [2.05, 4.69) is 15.8 Å². The van der Waals surface area contributed by atoms with Crippen LogP contribution in [0.3, 0.4) is 0 Å². The van der Waals surface area contributed by atoms with Gasteiger partial charge in [0.25, 0.3) is 5.91 Å². The molecule has 8 heteroatoms. The first-order valence-electron chi connectivity index (χ1n) is 7.62. The van der Waals surface area contributed by atoms with Gasteiger partial charge in [-0.25, -0.2) is 0 Å². The largest absolute Gasteiger partial charge is 0.312 e. The smallest absolute Gasteiger partial charge is 0.288 e. The minimum atomic E-state index is -0.560. The van der Waals surface area contributed by atoms with Crippen LogP contribution in [-0.4, -0.2) is 29.3 Å². The van der Waals surface area contributed by atoms with Gasteiger partial charge in [-0.2, -0.15) is 0 Å². The summed E-state index contributed by atoms with van der Waals surface area (Å²) in [6, 6.07) is 11.8. The van der Waals surface area contributed by atoms with Gasteiger partial charge in [0.1, 0.15) is 5.69 Å². The third-order valence-electron chi connectivity index (χ3n) is 3.81. The Morgan fingerprint density at radius 2 is 2.00 bits per heavy atom. The summed E-state index contributed by atoms with van der Waals surface area (Å²) in [7, 11) is 0. The normalized spacial score (nSPS) is 16.6. The predicted octanol–water partition coefficient (Wildman–Crippen LogP) is 1.55. The minimum Gasteiger partial charge on any atom is -0.312 e. The van der Waals surface area contributed by atoms with Gasteiger partial charge < -0.3 is 4.90 Å². The summed E-state index contributed by atoms with van der Waals surface area (Å²) in [6.45, 7) is 0.227. The van der Waals surface area contributed by atoms with E-state index in [9.17, 15) is 14.4 Å². The van der Waals surface area contributed by atoms with Crippen LogP contribution in [0.2, 0.25) is 5.02 Å². The Morgan fingerprint density at radius 3 is 2.72 bits per heavy atom. The average molecular weight is 359 g/mol. The number of pyridine rings is 1. The summed E-state index contributed by atoms with van der Waals surface area (Å²) in [5.74, 6) is -1.68. The molecular weight excluding hydrogens is 344 g/mol. The number of carbonyl (C=O) groups is 3. The number of hydrogen-bond acceptors (Lipinski definition) is 4. The molecule has 25 heavy (non-hydrogen) atoms. The number of rotatable bonds is 3. The third kappa shape index (κ3) is 3.95. The highest BCUT2D eigenvalue weighted by Gasteiger charge is 2.35. The van der Waals surface area contributed by atoms with Crippen molar-refractivity contribution >= 4 is 35.0 Å². The number of aromatic nitrogens is 1. The van der Waals surface area contributed by atoms with E-state index in [0.717, 1.165) is 0 Å². The molecule has 1 atom stereocenters. The van der Waals surface area contributed by atoms with Crippen molar-refractivity contribution < 1.29 is 14.4 Å². The van der Waals surface area contributed by atoms with Gasteiger partial charge in [0, 0.05) is 29.9 Å². The van der Waals surface area contributed by atoms with Crippen LogP contribution in [0, 0.1) is 5.92 Å². The first-order valence-corrected chi connectivity index (χ1v) is 7.99. The summed E-state index contributed by atoms with van der Waals surface area (Å²) in [5.41, 5.74) is 5.48. The fraction of sp³-hybridized carbons (Fsp3) is 0.176. The molecule has 1 aliphatic heterocycles. The van der Waals surface area contributed by atoms with Gasteiger partial charge in [-0.05, 0) is 30.3 Å². The van der Waals surface area contributed by atoms with Gasteiger partial charge in [-0.1, -0.05) is 23.7 Å². The van der Waals surface area contributed by atoms with Crippen LogP contribution < -0.4 is 15.8 Å². The quantitative estimate of drug-likeness (QED) is 0.814. The molecule has 1 aromatic heterocycles. The Balaban J connectivity index is 1.58. The highest BCUT2D eigenvalue weighted by molar-refractivity contribution is 6.31. The van der Waals surface area contributed by atoms with E-state index < -0.39 is 17.7 Å². The highest BCUT2D eigenvalue weighted by Crippen LogP contribution is 2.27. The van der Waals surface area contributed by atoms with Crippen molar-refractivity contribution in [1.29, 1.82) is 0 Å². The second-order valence-electron chi connectivity index (χ2n) is 5.54. The van der Waals surface area contributed by atoms with E-state index in [1.807, 2.05) is 0 Å². The van der Waals surface area contributed by atoms with Gasteiger partial charge in [-0.3, -0.25) is 30.2 Å². The molecule has 3 rings (SSSR count). The number of hydrogen-bond donors (Lipinski definition) is 2. The standard InChI is InChI=1S/C17H15ClN4O3/c18-12-4-3-5-13(9-12)22-10-11(8-15(22)23)16(24)20-21-17(25)14-6-1-2-7-19-14/h1-7,9,11H,8,10H2,(H,20,24)(H,21,25). The number of nitrogens with zero attached hydrogens (tertiary/aromatic N) is 2. The molecular formula is C17H15ClN4O3. The molecule has 1 fully saturated rings. The van der Waals surface area contributed by atoms with Crippen molar-refractivity contribution in [2.75, 3.05) is 11.4 Å². The van der Waals surface area contributed by atoms with Gasteiger partial charge >= 0.3 is 0 Å². The summed E-state index contributed by atoms with van der Waals surface area (Å²) < 4.78 is 0. The van der Waals surface area contributed by atoms with Crippen LogP contribution in [0.5, 0.6) is 0 Å². The molecule has 2 aromatic rings. The lowest BCUT2D eigenvalue weighted by Crippen LogP contribution is -2.45. The fourth-order valence-electron chi connectivity index (χ4n) is 2.56. The minimum absolute atomic E-state index is 0.0673. The molecule has 7 nitrogen and oxygen atoms in total. The molecule has 1 saturated heterocycles. The zero-order valence-electron chi connectivity index (χ0n) is 13.1. The first kappa shape index (κ1) is 16.9. The van der Waals surface area contributed by atoms with Crippen molar-refractivity contribution in [1.82, 2.24) is 15.8 Å². The van der Waals surface area contributed by atoms with Crippen molar-refractivity contribution in [3.05, 3.63) is 59.4 Å². The number of hydrazine groups is 1. The Kier molecular flexibility index (Phi) is 4.95. The zero-order chi connectivity index (χ0) is 17.8. The maximum Gasteiger partial charge on any atom is 0.288 e. The Morgan fingerprint density at radius 1 is 1.16 bits per heavy atom. The summed E-state index contributed by atoms with van der Waals surface area (Å²) >= 11 is 5.94. The second-order valence-corrected chi connectivity index (χ2v) is 5.98. The van der Waals surface area contributed by atoms with Crippen LogP contribution in [0.1, 0.15) is 16.9 Å². The van der Waals surface area contributed by atoms with E-state index >= 15 is 0 Å². The lowest BCUT2D eigenvalue weighted by molar-refractivity contribution is -0.126. The topological polar surface area (TPSA) is 91.4 Å². The molecule has 2 N–H and O–H groups in total. The molecule has 0 radical (unpaired) electrons. The van der Waals surface area contributed by atoms with Crippen molar-refractivity contribution in [3.63, 3.8) is 0 Å². The van der Waals surface area contributed by atoms with Crippen LogP contribution in [0.4, 0.5) is 5.69 Å². The van der Waals surface area contributed by atoms with Gasteiger partial charge in [0.2, 0.25) is 11.8 Å². The van der Waals surface area contributed by atoms with E-state index in [-0.39, 0.29) is 24.6 Å². The maximum atomic E-state index is 12.2. The molecule has 1 aromatic carbocycles. The number of anilines is 1. The number of nitrogens with one attached hydrogen (secondary N) is 2. The monoisotopic (exact) mass is 358 g/mol. The lowest BCUT2D eigenvalue weighted by Gasteiger charge is -2.17. The molecule has 3 amide bonds. The molecule has 0 saturated carbocycles. The predicted molar refractivity (Wildman–Crippen MR) is 91.8 cm³/mol. The van der Waals surface area contributed by atoms with Gasteiger partial charge in [0.05, 0.1) is 5.92 Å². The Bertz CT molecular complexity index is 813. The SMILES string of the molecule is O=C(NNC(=O)C1CC(=O)N(c2cccc(Cl)c2)C1)c1ccccn1. The fourth-order valence-corrected chi connectivity index (χ4v) is 2.74. The Hall–Kier alpha value is -2.93. The van der Waals surface area contributed by atoms with Crippen LogP contribution in [0.15, 0.2) is 48.7 Å². The van der Waals surface area contributed by atoms with Crippen molar-refractivity contribution in [2.24, 2.45) is 5.92 Å². The number of halogens is 1. The summed E-state index contributed by atoms with van der Waals surface area (Å²) in [4.78, 5) is 41.7. The maximum absolute atomic E-state index is 12.2. The first-order chi connectivity index (χ1) is 12.0. The molecule has 1 unspecified atom stereocenters. The van der Waals surface area contributed by atoms with E-state index in [1.165, 1.54) is 17.2 Å². The van der Waals surface area contributed by atoms with Gasteiger partial charge in [-0.15, -0.1) is 0 Å². The molecule has 0 aliphatic carbocycles. The van der Waals surface area contributed by atoms with Crippen LogP contribution in [0.25, 0.3) is 0 Å². The number of carbonyl (C=O) groups excluding carboxylic acids is 3. The van der Waals surface area contributed by atoms with E-state index in [0.29, 0.717) is 10.7 Å². The zero-order valence-corrected chi connectivity index (χ0v) is 13.9. The van der Waals surface area contributed by atoms with E-state index in [1.54, 1.807) is 36.4 Å². The Labute approximate surface area is 149 Å². The lowest BCUT2D eigenvalue weighted by atomic mass is 10.1. The summed E-state index contributed by atoms with van der Waals surface area (Å²) in [6.07, 6.45) is 1.55. The van der Waals surface area contributed by atoms with Crippen LogP contribution in [-0.2, 0) is 9.59 Å². The number of benzene rings is 1. The van der Waals surface area contributed by atoms with Gasteiger partial charge in [0.15, 0.2) is 0 Å². The van der Waals surface area contributed by atoms with Crippen molar-refractivity contribution in [3.8, 4) is 0 Å². The van der Waals surface area contributed by atoms with E-state index in [4.69, 9.17) is 11.6 Å². The molecule has 0 bridgehead atoms. The summed E-state index contributed by atoms with van der Waals surface area (Å²) in [5, 5.41) is 0.515. The number of amides is 3. The molecule has 128 valence electrons. The second kappa shape index (κ2) is 7.31. The third-order valence-corrected chi connectivity index (χ3v) is 4.05. The van der Waals surface area contributed by atoms with Crippen molar-refractivity contribution in [2.45, 2.75) is 6.42 Å². The highest BCUT2D eigenvalue weighted by atomic mass is 35.5.